The van der Waals surface area contributed by atoms with E-state index in [0.29, 0.717) is 0 Å². The van der Waals surface area contributed by atoms with Crippen molar-refractivity contribution in [3.05, 3.63) is 59.7 Å². The van der Waals surface area contributed by atoms with Gasteiger partial charge in [0.15, 0.2) is 0 Å². The minimum Gasteiger partial charge on any atom is -0.341 e. The van der Waals surface area contributed by atoms with E-state index in [-0.39, 0.29) is 6.04 Å². The van der Waals surface area contributed by atoms with E-state index in [1.165, 1.54) is 22.5 Å². The molecule has 0 amide bonds. The van der Waals surface area contributed by atoms with E-state index in [9.17, 15) is 0 Å². The van der Waals surface area contributed by atoms with Crippen molar-refractivity contribution in [1.29, 1.82) is 0 Å². The van der Waals surface area contributed by atoms with Crippen molar-refractivity contribution in [3.63, 3.8) is 0 Å². The Morgan fingerprint density at radius 3 is 2.26 bits per heavy atom. The minimum absolute atomic E-state index is 0.0377. The van der Waals surface area contributed by atoms with E-state index >= 15 is 0 Å². The number of para-hydroxylation sites is 1. The summed E-state index contributed by atoms with van der Waals surface area (Å²) in [7, 11) is 0. The highest BCUT2D eigenvalue weighted by atomic mass is 15.1. The molecule has 0 saturated carbocycles. The molecule has 0 aliphatic heterocycles. The highest BCUT2D eigenvalue weighted by molar-refractivity contribution is 5.67. The molecule has 0 aromatic heterocycles. The van der Waals surface area contributed by atoms with Gasteiger partial charge in [-0.15, -0.1) is 0 Å². The van der Waals surface area contributed by atoms with Gasteiger partial charge in [-0.05, 0) is 44.5 Å². The molecule has 0 heterocycles. The van der Waals surface area contributed by atoms with Gasteiger partial charge in [0.05, 0.1) is 0 Å². The summed E-state index contributed by atoms with van der Waals surface area (Å²) in [5, 5.41) is 0. The standard InChI is InChI=1S/C17H22N2/c1-4-19(15-11-9-13(2)10-12-15)17-8-6-5-7-16(17)14(3)18/h5-12,14H,4,18H2,1-3H3/t14-/m1/s1. The van der Waals surface area contributed by atoms with Crippen molar-refractivity contribution in [3.8, 4) is 0 Å². The lowest BCUT2D eigenvalue weighted by Crippen LogP contribution is -2.19. The summed E-state index contributed by atoms with van der Waals surface area (Å²) in [6.07, 6.45) is 0. The predicted molar refractivity (Wildman–Crippen MR) is 82.9 cm³/mol. The Kier molecular flexibility index (Phi) is 4.23. The fourth-order valence-electron chi connectivity index (χ4n) is 2.34. The minimum atomic E-state index is 0.0377. The van der Waals surface area contributed by atoms with Crippen molar-refractivity contribution in [2.45, 2.75) is 26.8 Å². The first-order valence-corrected chi connectivity index (χ1v) is 6.82. The molecule has 2 rings (SSSR count). The van der Waals surface area contributed by atoms with Gasteiger partial charge in [-0.3, -0.25) is 0 Å². The lowest BCUT2D eigenvalue weighted by Gasteiger charge is -2.27. The molecule has 0 saturated heterocycles. The normalized spacial score (nSPS) is 12.2. The van der Waals surface area contributed by atoms with Gasteiger partial charge in [-0.2, -0.15) is 0 Å². The molecule has 100 valence electrons. The van der Waals surface area contributed by atoms with Crippen LogP contribution in [0.15, 0.2) is 48.5 Å². The number of aryl methyl sites for hydroxylation is 1. The predicted octanol–water partition coefficient (Wildman–Crippen LogP) is 4.17. The first-order valence-electron chi connectivity index (χ1n) is 6.82. The third-order valence-electron chi connectivity index (χ3n) is 3.38. The van der Waals surface area contributed by atoms with E-state index in [2.05, 4.69) is 61.2 Å². The van der Waals surface area contributed by atoms with Crippen LogP contribution in [0.25, 0.3) is 0 Å². The lowest BCUT2D eigenvalue weighted by molar-refractivity contribution is 0.811. The lowest BCUT2D eigenvalue weighted by atomic mass is 10.1. The Labute approximate surface area is 115 Å². The SMILES string of the molecule is CCN(c1ccc(C)cc1)c1ccccc1[C@@H](C)N. The van der Waals surface area contributed by atoms with Crippen LogP contribution in [0.4, 0.5) is 11.4 Å². The molecule has 0 spiro atoms. The van der Waals surface area contributed by atoms with Crippen LogP contribution in [0.1, 0.15) is 31.0 Å². The smallest absolute Gasteiger partial charge is 0.0458 e. The van der Waals surface area contributed by atoms with E-state index in [4.69, 9.17) is 5.73 Å². The third-order valence-corrected chi connectivity index (χ3v) is 3.38. The summed E-state index contributed by atoms with van der Waals surface area (Å²) in [6.45, 7) is 7.22. The molecule has 19 heavy (non-hydrogen) atoms. The van der Waals surface area contributed by atoms with Gasteiger partial charge in [-0.1, -0.05) is 35.9 Å². The quantitative estimate of drug-likeness (QED) is 0.887. The number of nitrogens with zero attached hydrogens (tertiary/aromatic N) is 1. The summed E-state index contributed by atoms with van der Waals surface area (Å²) in [4.78, 5) is 2.30. The van der Waals surface area contributed by atoms with Crippen LogP contribution in [-0.2, 0) is 0 Å². The average Bonchev–Trinajstić information content (AvgIpc) is 2.42. The molecule has 2 nitrogen and oxygen atoms in total. The molecule has 2 aromatic carbocycles. The van der Waals surface area contributed by atoms with E-state index in [1.54, 1.807) is 0 Å². The molecule has 2 N–H and O–H groups in total. The summed E-state index contributed by atoms with van der Waals surface area (Å²) in [6, 6.07) is 17.0. The van der Waals surface area contributed by atoms with E-state index in [1.807, 2.05) is 13.0 Å². The average molecular weight is 254 g/mol. The summed E-state index contributed by atoms with van der Waals surface area (Å²) >= 11 is 0. The maximum Gasteiger partial charge on any atom is 0.0458 e. The van der Waals surface area contributed by atoms with Crippen molar-refractivity contribution >= 4 is 11.4 Å². The molecule has 2 heteroatoms. The zero-order valence-corrected chi connectivity index (χ0v) is 11.9. The highest BCUT2D eigenvalue weighted by Crippen LogP contribution is 2.31. The van der Waals surface area contributed by atoms with Crippen LogP contribution >= 0.6 is 0 Å². The second-order valence-electron chi connectivity index (χ2n) is 4.93. The number of nitrogens with two attached hydrogens (primary N) is 1. The topological polar surface area (TPSA) is 29.3 Å². The Bertz CT molecular complexity index is 529. The summed E-state index contributed by atoms with van der Waals surface area (Å²) in [5.41, 5.74) is 11.0. The fraction of sp³-hybridized carbons (Fsp3) is 0.294. The van der Waals surface area contributed by atoms with Crippen LogP contribution in [-0.4, -0.2) is 6.54 Å². The Balaban J connectivity index is 2.45. The van der Waals surface area contributed by atoms with E-state index in [0.717, 1.165) is 6.54 Å². The Morgan fingerprint density at radius 2 is 1.68 bits per heavy atom. The van der Waals surface area contributed by atoms with Crippen LogP contribution in [0, 0.1) is 6.92 Å². The van der Waals surface area contributed by atoms with Crippen molar-refractivity contribution in [2.75, 3.05) is 11.4 Å². The van der Waals surface area contributed by atoms with E-state index < -0.39 is 0 Å². The largest absolute Gasteiger partial charge is 0.341 e. The molecule has 2 aromatic rings. The van der Waals surface area contributed by atoms with Crippen LogP contribution in [0.5, 0.6) is 0 Å². The Morgan fingerprint density at radius 1 is 1.05 bits per heavy atom. The van der Waals surface area contributed by atoms with Gasteiger partial charge >= 0.3 is 0 Å². The zero-order chi connectivity index (χ0) is 13.8. The maximum atomic E-state index is 6.08. The van der Waals surface area contributed by atoms with Gasteiger partial charge in [-0.25, -0.2) is 0 Å². The molecular formula is C17H22N2. The first-order chi connectivity index (χ1) is 9.13. The molecule has 0 fully saturated rings. The molecule has 0 radical (unpaired) electrons. The number of hydrogen-bond donors (Lipinski definition) is 1. The number of rotatable bonds is 4. The molecular weight excluding hydrogens is 232 g/mol. The molecule has 0 aliphatic carbocycles. The second kappa shape index (κ2) is 5.89. The Hall–Kier alpha value is -1.80. The van der Waals surface area contributed by atoms with Gasteiger partial charge < -0.3 is 10.6 Å². The van der Waals surface area contributed by atoms with Crippen LogP contribution in [0.3, 0.4) is 0 Å². The molecule has 1 atom stereocenters. The van der Waals surface area contributed by atoms with Gasteiger partial charge in [0.25, 0.3) is 0 Å². The fourth-order valence-corrected chi connectivity index (χ4v) is 2.34. The first kappa shape index (κ1) is 13.6. The van der Waals surface area contributed by atoms with Crippen LogP contribution < -0.4 is 10.6 Å². The number of benzene rings is 2. The molecule has 0 unspecified atom stereocenters. The highest BCUT2D eigenvalue weighted by Gasteiger charge is 2.13. The number of hydrogen-bond acceptors (Lipinski definition) is 2. The van der Waals surface area contributed by atoms with Crippen molar-refractivity contribution in [2.24, 2.45) is 5.73 Å². The third kappa shape index (κ3) is 2.96. The molecule has 0 bridgehead atoms. The summed E-state index contributed by atoms with van der Waals surface area (Å²) < 4.78 is 0. The molecule has 0 aliphatic rings. The second-order valence-corrected chi connectivity index (χ2v) is 4.93. The summed E-state index contributed by atoms with van der Waals surface area (Å²) in [5.74, 6) is 0. The van der Waals surface area contributed by atoms with Gasteiger partial charge in [0.2, 0.25) is 0 Å². The monoisotopic (exact) mass is 254 g/mol. The van der Waals surface area contributed by atoms with Gasteiger partial charge in [0, 0.05) is 24.0 Å². The van der Waals surface area contributed by atoms with Crippen molar-refractivity contribution in [1.82, 2.24) is 0 Å². The maximum absolute atomic E-state index is 6.08. The van der Waals surface area contributed by atoms with Crippen LogP contribution in [0.2, 0.25) is 0 Å². The van der Waals surface area contributed by atoms with Gasteiger partial charge in [0.1, 0.15) is 0 Å². The number of anilines is 2. The zero-order valence-electron chi connectivity index (χ0n) is 11.9. The van der Waals surface area contributed by atoms with Crippen molar-refractivity contribution < 1.29 is 0 Å².